The van der Waals surface area contributed by atoms with Gasteiger partial charge in [0.2, 0.25) is 0 Å². The lowest BCUT2D eigenvalue weighted by Crippen LogP contribution is -2.33. The molecule has 31 heavy (non-hydrogen) atoms. The first-order chi connectivity index (χ1) is 15.3. The number of aromatic nitrogens is 2. The minimum absolute atomic E-state index is 0.224. The number of carbonyl (C=O) groups is 1. The number of anilines is 1. The molecule has 0 aliphatic carbocycles. The van der Waals surface area contributed by atoms with Gasteiger partial charge >= 0.3 is 0 Å². The van der Waals surface area contributed by atoms with Gasteiger partial charge in [0.1, 0.15) is 17.8 Å². The van der Waals surface area contributed by atoms with Gasteiger partial charge in [-0.3, -0.25) is 4.79 Å². The first kappa shape index (κ1) is 21.0. The molecule has 1 aliphatic heterocycles. The number of piperidine rings is 1. The predicted molar refractivity (Wildman–Crippen MR) is 121 cm³/mol. The van der Waals surface area contributed by atoms with Gasteiger partial charge in [-0.05, 0) is 30.4 Å². The standard InChI is InChI=1S/C25H28N4O2/c30-25(22-16-24(27-19-26-22)29-14-8-3-9-15-29)28-23(21-12-6-2-7-13-21)18-31-17-20-10-4-1-5-11-20/h1-2,4-7,10-13,16,19,23H,3,8-9,14-15,17-18H2,(H,28,30). The zero-order valence-corrected chi connectivity index (χ0v) is 17.6. The average Bonchev–Trinajstić information content (AvgIpc) is 2.85. The number of nitrogens with zero attached hydrogens (tertiary/aromatic N) is 3. The van der Waals surface area contributed by atoms with E-state index in [0.29, 0.717) is 18.9 Å². The first-order valence-electron chi connectivity index (χ1n) is 10.8. The molecule has 0 saturated carbocycles. The molecule has 1 aliphatic rings. The summed E-state index contributed by atoms with van der Waals surface area (Å²) in [6.45, 7) is 2.80. The van der Waals surface area contributed by atoms with Gasteiger partial charge in [0.15, 0.2) is 0 Å². The summed E-state index contributed by atoms with van der Waals surface area (Å²) in [6, 6.07) is 21.4. The summed E-state index contributed by atoms with van der Waals surface area (Å²) < 4.78 is 5.94. The van der Waals surface area contributed by atoms with Crippen molar-refractivity contribution in [3.05, 3.63) is 89.9 Å². The van der Waals surface area contributed by atoms with Crippen molar-refractivity contribution in [1.29, 1.82) is 0 Å². The van der Waals surface area contributed by atoms with Crippen molar-refractivity contribution < 1.29 is 9.53 Å². The van der Waals surface area contributed by atoms with E-state index in [4.69, 9.17) is 4.74 Å². The normalized spacial score (nSPS) is 14.8. The van der Waals surface area contributed by atoms with Crippen LogP contribution < -0.4 is 10.2 Å². The average molecular weight is 417 g/mol. The van der Waals surface area contributed by atoms with Crippen LogP contribution in [0.3, 0.4) is 0 Å². The van der Waals surface area contributed by atoms with Crippen LogP contribution in [0.15, 0.2) is 73.1 Å². The second kappa shape index (κ2) is 10.7. The molecule has 1 unspecified atom stereocenters. The van der Waals surface area contributed by atoms with Crippen LogP contribution in [0.4, 0.5) is 5.82 Å². The molecule has 4 rings (SSSR count). The van der Waals surface area contributed by atoms with Crippen LogP contribution in [-0.4, -0.2) is 35.6 Å². The van der Waals surface area contributed by atoms with E-state index < -0.39 is 0 Å². The van der Waals surface area contributed by atoms with Gasteiger partial charge in [0.05, 0.1) is 19.3 Å². The Balaban J connectivity index is 1.44. The van der Waals surface area contributed by atoms with Crippen LogP contribution in [0.5, 0.6) is 0 Å². The number of ether oxygens (including phenoxy) is 1. The lowest BCUT2D eigenvalue weighted by Gasteiger charge is -2.27. The van der Waals surface area contributed by atoms with Crippen LogP contribution in [0, 0.1) is 0 Å². The Kier molecular flexibility index (Phi) is 7.24. The van der Waals surface area contributed by atoms with Gasteiger partial charge in [0, 0.05) is 19.2 Å². The molecular formula is C25H28N4O2. The van der Waals surface area contributed by atoms with E-state index in [1.165, 1.54) is 12.7 Å². The Morgan fingerprint density at radius 1 is 0.968 bits per heavy atom. The van der Waals surface area contributed by atoms with E-state index in [0.717, 1.165) is 42.9 Å². The van der Waals surface area contributed by atoms with Crippen molar-refractivity contribution in [2.24, 2.45) is 0 Å². The molecule has 2 heterocycles. The fourth-order valence-electron chi connectivity index (χ4n) is 3.77. The second-order valence-electron chi connectivity index (χ2n) is 7.75. The fraction of sp³-hybridized carbons (Fsp3) is 0.320. The molecule has 160 valence electrons. The van der Waals surface area contributed by atoms with E-state index in [1.54, 1.807) is 6.07 Å². The van der Waals surface area contributed by atoms with Crippen LogP contribution in [0.1, 0.15) is 46.9 Å². The summed E-state index contributed by atoms with van der Waals surface area (Å²) in [6.07, 6.45) is 5.03. The zero-order chi connectivity index (χ0) is 21.3. The highest BCUT2D eigenvalue weighted by Gasteiger charge is 2.19. The third kappa shape index (κ3) is 5.89. The Morgan fingerprint density at radius 3 is 2.42 bits per heavy atom. The van der Waals surface area contributed by atoms with E-state index in [-0.39, 0.29) is 11.9 Å². The van der Waals surface area contributed by atoms with Gasteiger partial charge in [0.25, 0.3) is 5.91 Å². The maximum absolute atomic E-state index is 13.0. The molecule has 1 aromatic heterocycles. The van der Waals surface area contributed by atoms with Gasteiger partial charge in [-0.2, -0.15) is 0 Å². The highest BCUT2D eigenvalue weighted by Crippen LogP contribution is 2.19. The number of hydrogen-bond acceptors (Lipinski definition) is 5. The lowest BCUT2D eigenvalue weighted by atomic mass is 10.1. The van der Waals surface area contributed by atoms with E-state index >= 15 is 0 Å². The number of hydrogen-bond donors (Lipinski definition) is 1. The number of nitrogens with one attached hydrogen (secondary N) is 1. The maximum Gasteiger partial charge on any atom is 0.270 e. The Morgan fingerprint density at radius 2 is 1.68 bits per heavy atom. The number of carbonyl (C=O) groups excluding carboxylic acids is 1. The van der Waals surface area contributed by atoms with Gasteiger partial charge in [-0.25, -0.2) is 9.97 Å². The topological polar surface area (TPSA) is 67.3 Å². The van der Waals surface area contributed by atoms with Crippen LogP contribution in [-0.2, 0) is 11.3 Å². The van der Waals surface area contributed by atoms with Crippen LogP contribution in [0.2, 0.25) is 0 Å². The van der Waals surface area contributed by atoms with Crippen molar-refractivity contribution in [3.8, 4) is 0 Å². The Bertz CT molecular complexity index is 960. The Hall–Kier alpha value is -3.25. The molecular weight excluding hydrogens is 388 g/mol. The molecule has 0 spiro atoms. The SMILES string of the molecule is O=C(NC(COCc1ccccc1)c1ccccc1)c1cc(N2CCCCC2)ncn1. The Labute approximate surface area is 183 Å². The number of rotatable bonds is 8. The highest BCUT2D eigenvalue weighted by atomic mass is 16.5. The van der Waals surface area contributed by atoms with Crippen LogP contribution in [0.25, 0.3) is 0 Å². The molecule has 3 aromatic rings. The van der Waals surface area contributed by atoms with Gasteiger partial charge < -0.3 is 15.0 Å². The third-order valence-corrected chi connectivity index (χ3v) is 5.47. The molecule has 1 fully saturated rings. The smallest absolute Gasteiger partial charge is 0.270 e. The molecule has 6 heteroatoms. The summed E-state index contributed by atoms with van der Waals surface area (Å²) in [5.74, 6) is 0.592. The second-order valence-corrected chi connectivity index (χ2v) is 7.75. The number of amides is 1. The molecule has 1 N–H and O–H groups in total. The van der Waals surface area contributed by atoms with Crippen molar-refractivity contribution in [3.63, 3.8) is 0 Å². The molecule has 1 saturated heterocycles. The maximum atomic E-state index is 13.0. The monoisotopic (exact) mass is 416 g/mol. The first-order valence-corrected chi connectivity index (χ1v) is 10.8. The summed E-state index contributed by atoms with van der Waals surface area (Å²) >= 11 is 0. The predicted octanol–water partition coefficient (Wildman–Crippen LogP) is 4.15. The summed E-state index contributed by atoms with van der Waals surface area (Å²) in [5, 5.41) is 3.09. The summed E-state index contributed by atoms with van der Waals surface area (Å²) in [4.78, 5) is 23.8. The van der Waals surface area contributed by atoms with Gasteiger partial charge in [-0.1, -0.05) is 60.7 Å². The molecule has 1 amide bonds. The minimum Gasteiger partial charge on any atom is -0.374 e. The fourth-order valence-corrected chi connectivity index (χ4v) is 3.77. The molecule has 0 radical (unpaired) electrons. The summed E-state index contributed by atoms with van der Waals surface area (Å²) in [5.41, 5.74) is 2.47. The number of benzene rings is 2. The van der Waals surface area contributed by atoms with Crippen molar-refractivity contribution in [2.75, 3.05) is 24.6 Å². The quantitative estimate of drug-likeness (QED) is 0.597. The van der Waals surface area contributed by atoms with Gasteiger partial charge in [-0.15, -0.1) is 0 Å². The minimum atomic E-state index is -0.272. The van der Waals surface area contributed by atoms with Crippen molar-refractivity contribution in [1.82, 2.24) is 15.3 Å². The molecule has 1 atom stereocenters. The zero-order valence-electron chi connectivity index (χ0n) is 17.6. The molecule has 2 aromatic carbocycles. The molecule has 6 nitrogen and oxygen atoms in total. The van der Waals surface area contributed by atoms with E-state index in [1.807, 2.05) is 60.7 Å². The van der Waals surface area contributed by atoms with Crippen molar-refractivity contribution >= 4 is 11.7 Å². The summed E-state index contributed by atoms with van der Waals surface area (Å²) in [7, 11) is 0. The third-order valence-electron chi connectivity index (χ3n) is 5.47. The van der Waals surface area contributed by atoms with Crippen LogP contribution >= 0.6 is 0 Å². The largest absolute Gasteiger partial charge is 0.374 e. The van der Waals surface area contributed by atoms with E-state index in [9.17, 15) is 4.79 Å². The van der Waals surface area contributed by atoms with Crippen molar-refractivity contribution in [2.45, 2.75) is 31.9 Å². The highest BCUT2D eigenvalue weighted by molar-refractivity contribution is 5.93. The molecule has 0 bridgehead atoms. The lowest BCUT2D eigenvalue weighted by molar-refractivity contribution is 0.0793. The van der Waals surface area contributed by atoms with E-state index in [2.05, 4.69) is 20.2 Å².